The van der Waals surface area contributed by atoms with E-state index in [0.29, 0.717) is 12.1 Å². The van der Waals surface area contributed by atoms with Crippen LogP contribution in [0.25, 0.3) is 0 Å². The summed E-state index contributed by atoms with van der Waals surface area (Å²) in [7, 11) is 0.922. The Morgan fingerprint density at radius 2 is 1.47 bits per heavy atom. The van der Waals surface area contributed by atoms with Crippen LogP contribution in [0, 0.1) is 5.92 Å². The zero-order valence-corrected chi connectivity index (χ0v) is 23.6. The van der Waals surface area contributed by atoms with Crippen molar-refractivity contribution in [2.24, 2.45) is 5.92 Å². The molecule has 43 heavy (non-hydrogen) atoms. The smallest absolute Gasteiger partial charge is 0.416 e. The van der Waals surface area contributed by atoms with Gasteiger partial charge >= 0.3 is 24.6 Å². The molecule has 1 aliphatic heterocycles. The van der Waals surface area contributed by atoms with E-state index in [9.17, 15) is 49.1 Å². The molecule has 1 amide bonds. The van der Waals surface area contributed by atoms with Crippen molar-refractivity contribution in [2.45, 2.75) is 77.0 Å². The number of amides is 1. The topological polar surface area (TPSA) is 59.1 Å². The zero-order valence-electron chi connectivity index (χ0n) is 23.6. The highest BCUT2D eigenvalue weighted by atomic mass is 19.4. The Labute approximate surface area is 241 Å². The van der Waals surface area contributed by atoms with Crippen LogP contribution < -0.4 is 4.90 Å². The number of alkyl halides is 9. The Morgan fingerprint density at radius 1 is 0.930 bits per heavy atom. The number of hydrogen-bond acceptors (Lipinski definition) is 5. The molecule has 2 aromatic rings. The molecular weight excluding hydrogens is 599 g/mol. The van der Waals surface area contributed by atoms with Crippen molar-refractivity contribution in [3.05, 3.63) is 64.2 Å². The van der Waals surface area contributed by atoms with Gasteiger partial charge in [0.05, 0.1) is 29.8 Å². The second-order valence-corrected chi connectivity index (χ2v) is 10.9. The van der Waals surface area contributed by atoms with E-state index < -0.39 is 71.2 Å². The molecule has 0 N–H and O–H groups in total. The van der Waals surface area contributed by atoms with Crippen molar-refractivity contribution >= 4 is 18.3 Å². The quantitative estimate of drug-likeness (QED) is 0.229. The number of carbonyl (C=O) groups is 2. The fraction of sp³-hybridized carbons (Fsp3) is 0.500. The van der Waals surface area contributed by atoms with Gasteiger partial charge in [-0.15, -0.1) is 0 Å². The summed E-state index contributed by atoms with van der Waals surface area (Å²) in [6, 6.07) is 1.53. The van der Waals surface area contributed by atoms with Gasteiger partial charge in [-0.3, -0.25) is 9.69 Å². The molecule has 0 spiro atoms. The molecule has 2 unspecified atom stereocenters. The summed E-state index contributed by atoms with van der Waals surface area (Å²) in [5.41, 5.74) is -6.35. The molecule has 1 heterocycles. The van der Waals surface area contributed by atoms with E-state index in [0.717, 1.165) is 30.2 Å². The van der Waals surface area contributed by atoms with Gasteiger partial charge in [0.1, 0.15) is 0 Å². The zero-order chi connectivity index (χ0) is 32.7. The second-order valence-electron chi connectivity index (χ2n) is 10.9. The Kier molecular flexibility index (Phi) is 9.28. The van der Waals surface area contributed by atoms with Gasteiger partial charge in [-0.25, -0.2) is 4.79 Å². The van der Waals surface area contributed by atoms with Crippen molar-refractivity contribution in [1.29, 1.82) is 0 Å². The van der Waals surface area contributed by atoms with Gasteiger partial charge < -0.3 is 14.4 Å². The first kappa shape index (κ1) is 33.8. The minimum atomic E-state index is -5.17. The van der Waals surface area contributed by atoms with E-state index in [4.69, 9.17) is 9.47 Å². The van der Waals surface area contributed by atoms with Crippen molar-refractivity contribution < 1.29 is 58.6 Å². The van der Waals surface area contributed by atoms with Crippen molar-refractivity contribution in [3.63, 3.8) is 0 Å². The molecule has 0 aliphatic carbocycles. The molecule has 3 rings (SSSR count). The molecule has 238 valence electrons. The molecule has 2 atom stereocenters. The van der Waals surface area contributed by atoms with Crippen LogP contribution in [0.4, 0.5) is 50.0 Å². The van der Waals surface area contributed by atoms with Gasteiger partial charge in [0, 0.05) is 18.3 Å². The number of nitrogens with zero attached hydrogens (tertiary/aromatic N) is 2. The molecule has 0 radical (unpaired) electrons. The monoisotopic (exact) mass is 628 g/mol. The van der Waals surface area contributed by atoms with Crippen LogP contribution in [0.5, 0.6) is 0 Å². The number of fused-ring (bicyclic) bond motifs is 1. The minimum Gasteiger partial charge on any atom is -0.453 e. The first-order chi connectivity index (χ1) is 19.6. The minimum absolute atomic E-state index is 0.0702. The van der Waals surface area contributed by atoms with Gasteiger partial charge in [-0.2, -0.15) is 39.5 Å². The van der Waals surface area contributed by atoms with Gasteiger partial charge in [0.25, 0.3) is 6.47 Å². The molecule has 1 aliphatic rings. The highest BCUT2D eigenvalue weighted by Crippen LogP contribution is 2.48. The molecule has 0 bridgehead atoms. The van der Waals surface area contributed by atoms with Crippen LogP contribution in [-0.2, 0) is 39.3 Å². The van der Waals surface area contributed by atoms with E-state index in [1.54, 1.807) is 18.7 Å². The lowest BCUT2D eigenvalue weighted by atomic mass is 9.82. The number of carbonyl (C=O) groups excluding carboxylic acids is 2. The standard InChI is InChI=1S/C28H29F9N2O4/c1-15(2)22-12-23(20-11-17(26(29,30)31)6-7-21(20)39(22)25(3,4)43-14-40)38(24(41)42-5)13-16-8-18(27(32,33)34)10-19(9-16)28(35,36)37/h6-11,14-15,22-23H,12-13H2,1-5H3. The molecule has 0 fully saturated rings. The lowest BCUT2D eigenvalue weighted by Crippen LogP contribution is -2.57. The third kappa shape index (κ3) is 7.29. The largest absolute Gasteiger partial charge is 0.453 e. The van der Waals surface area contributed by atoms with Crippen LogP contribution in [0.3, 0.4) is 0 Å². The third-order valence-electron chi connectivity index (χ3n) is 7.24. The summed E-state index contributed by atoms with van der Waals surface area (Å²) >= 11 is 0. The van der Waals surface area contributed by atoms with E-state index in [1.807, 2.05) is 0 Å². The van der Waals surface area contributed by atoms with E-state index in [1.165, 1.54) is 13.8 Å². The van der Waals surface area contributed by atoms with Crippen molar-refractivity contribution in [3.8, 4) is 0 Å². The van der Waals surface area contributed by atoms with Crippen LogP contribution in [0.2, 0.25) is 0 Å². The lowest BCUT2D eigenvalue weighted by Gasteiger charge is -2.52. The van der Waals surface area contributed by atoms with Gasteiger partial charge in [0.2, 0.25) is 0 Å². The summed E-state index contributed by atoms with van der Waals surface area (Å²) in [4.78, 5) is 26.8. The summed E-state index contributed by atoms with van der Waals surface area (Å²) in [6.07, 6.45) is -16.5. The SMILES string of the molecule is COC(=O)N(Cc1cc(C(F)(F)F)cc(C(F)(F)F)c1)C1CC(C(C)C)N(C(C)(C)OC=O)c2ccc(C(F)(F)F)cc21. The van der Waals surface area contributed by atoms with Gasteiger partial charge in [0.15, 0.2) is 5.72 Å². The maximum atomic E-state index is 13.8. The normalized spacial score (nSPS) is 17.9. The number of benzene rings is 2. The average Bonchev–Trinajstić information content (AvgIpc) is 2.88. The first-order valence-electron chi connectivity index (χ1n) is 12.9. The van der Waals surface area contributed by atoms with Crippen LogP contribution >= 0.6 is 0 Å². The predicted molar refractivity (Wildman–Crippen MR) is 136 cm³/mol. The van der Waals surface area contributed by atoms with Crippen LogP contribution in [-0.4, -0.2) is 36.3 Å². The van der Waals surface area contributed by atoms with E-state index in [2.05, 4.69) is 0 Å². The van der Waals surface area contributed by atoms with E-state index >= 15 is 0 Å². The number of ether oxygens (including phenoxy) is 2. The van der Waals surface area contributed by atoms with Gasteiger partial charge in [-0.1, -0.05) is 13.8 Å². The first-order valence-corrected chi connectivity index (χ1v) is 12.9. The molecule has 2 aromatic carbocycles. The highest BCUT2D eigenvalue weighted by Gasteiger charge is 2.46. The summed E-state index contributed by atoms with van der Waals surface area (Å²) in [5.74, 6) is -0.294. The second kappa shape index (κ2) is 11.8. The summed E-state index contributed by atoms with van der Waals surface area (Å²) < 4.78 is 133. The number of methoxy groups -OCH3 is 1. The van der Waals surface area contributed by atoms with Gasteiger partial charge in [-0.05, 0) is 73.7 Å². The Morgan fingerprint density at radius 3 is 1.91 bits per heavy atom. The van der Waals surface area contributed by atoms with Crippen LogP contribution in [0.1, 0.15) is 68.0 Å². The molecular formula is C28H29F9N2O4. The summed E-state index contributed by atoms with van der Waals surface area (Å²) in [6.45, 7) is 5.81. The maximum Gasteiger partial charge on any atom is 0.416 e. The molecule has 15 heteroatoms. The fourth-order valence-electron chi connectivity index (χ4n) is 5.31. The number of anilines is 1. The highest BCUT2D eigenvalue weighted by molar-refractivity contribution is 5.71. The predicted octanol–water partition coefficient (Wildman–Crippen LogP) is 8.20. The van der Waals surface area contributed by atoms with E-state index in [-0.39, 0.29) is 36.1 Å². The number of halogens is 9. The van der Waals surface area contributed by atoms with Crippen molar-refractivity contribution in [1.82, 2.24) is 4.90 Å². The average molecular weight is 629 g/mol. The Balaban J connectivity index is 2.29. The lowest BCUT2D eigenvalue weighted by molar-refractivity contribution is -0.143. The summed E-state index contributed by atoms with van der Waals surface area (Å²) in [5, 5.41) is 0. The van der Waals surface area contributed by atoms with Crippen LogP contribution in [0.15, 0.2) is 36.4 Å². The maximum absolute atomic E-state index is 13.8. The molecule has 0 saturated heterocycles. The molecule has 0 aromatic heterocycles. The third-order valence-corrected chi connectivity index (χ3v) is 7.24. The van der Waals surface area contributed by atoms with Crippen molar-refractivity contribution in [2.75, 3.05) is 12.0 Å². The Hall–Kier alpha value is -3.65. The fourth-order valence-corrected chi connectivity index (χ4v) is 5.31. The Bertz CT molecular complexity index is 1300. The molecule has 0 saturated carbocycles. The number of rotatable bonds is 7. The molecule has 6 nitrogen and oxygen atoms in total. The number of hydrogen-bond donors (Lipinski definition) is 0.